The van der Waals surface area contributed by atoms with Crippen molar-refractivity contribution in [3.63, 3.8) is 0 Å². The molecule has 2 aromatic rings. The molecular formula is C16H19ClF3N3O3. The maximum Gasteiger partial charge on any atom is 0.417 e. The Bertz CT molecular complexity index is 756. The Balaban J connectivity index is 2.21. The lowest BCUT2D eigenvalue weighted by molar-refractivity contribution is -0.138. The van der Waals surface area contributed by atoms with Crippen molar-refractivity contribution in [3.05, 3.63) is 34.7 Å². The molecule has 0 aliphatic rings. The number of rotatable bonds is 8. The van der Waals surface area contributed by atoms with E-state index in [1.54, 1.807) is 4.90 Å². The molecule has 0 unspecified atom stereocenters. The number of imidazole rings is 1. The summed E-state index contributed by atoms with van der Waals surface area (Å²) in [7, 11) is 3.06. The minimum Gasteiger partial charge on any atom is -0.383 e. The van der Waals surface area contributed by atoms with E-state index in [4.69, 9.17) is 21.1 Å². The van der Waals surface area contributed by atoms with Crippen molar-refractivity contribution in [3.8, 4) is 0 Å². The number of carbonyl (C=O) groups is 1. The number of fused-ring (bicyclic) bond motifs is 1. The molecule has 0 aliphatic heterocycles. The quantitative estimate of drug-likeness (QED) is 0.692. The Morgan fingerprint density at radius 1 is 1.23 bits per heavy atom. The summed E-state index contributed by atoms with van der Waals surface area (Å²) in [5.41, 5.74) is -0.383. The lowest BCUT2D eigenvalue weighted by Gasteiger charge is -2.21. The van der Waals surface area contributed by atoms with Gasteiger partial charge in [-0.15, -0.1) is 0 Å². The van der Waals surface area contributed by atoms with Gasteiger partial charge in [0.15, 0.2) is 5.65 Å². The Morgan fingerprint density at radius 3 is 2.38 bits per heavy atom. The number of hydrogen-bond donors (Lipinski definition) is 0. The average Bonchev–Trinajstić information content (AvgIpc) is 2.97. The van der Waals surface area contributed by atoms with Gasteiger partial charge in [-0.25, -0.2) is 4.98 Å². The summed E-state index contributed by atoms with van der Waals surface area (Å²) >= 11 is 5.91. The minimum atomic E-state index is -4.52. The van der Waals surface area contributed by atoms with E-state index in [1.165, 1.54) is 24.8 Å². The Labute approximate surface area is 153 Å². The average molecular weight is 394 g/mol. The molecule has 0 saturated heterocycles. The summed E-state index contributed by atoms with van der Waals surface area (Å²) in [5, 5.41) is -0.130. The predicted molar refractivity (Wildman–Crippen MR) is 89.2 cm³/mol. The molecule has 0 saturated carbocycles. The first-order valence-corrected chi connectivity index (χ1v) is 8.14. The number of nitrogens with zero attached hydrogens (tertiary/aromatic N) is 3. The number of halogens is 4. The molecule has 2 aromatic heterocycles. The van der Waals surface area contributed by atoms with E-state index in [0.29, 0.717) is 32.0 Å². The monoisotopic (exact) mass is 393 g/mol. The lowest BCUT2D eigenvalue weighted by atomic mass is 10.3. The number of alkyl halides is 3. The van der Waals surface area contributed by atoms with Gasteiger partial charge >= 0.3 is 6.18 Å². The molecule has 0 atom stereocenters. The van der Waals surface area contributed by atoms with Crippen LogP contribution < -0.4 is 0 Å². The molecule has 0 N–H and O–H groups in total. The molecule has 0 aliphatic carbocycles. The Morgan fingerprint density at radius 2 is 1.85 bits per heavy atom. The second kappa shape index (κ2) is 8.70. The lowest BCUT2D eigenvalue weighted by Crippen LogP contribution is -2.37. The van der Waals surface area contributed by atoms with Crippen LogP contribution in [0.4, 0.5) is 13.2 Å². The summed E-state index contributed by atoms with van der Waals surface area (Å²) < 4.78 is 49.8. The van der Waals surface area contributed by atoms with Crippen molar-refractivity contribution in [2.45, 2.75) is 12.6 Å². The van der Waals surface area contributed by atoms with Crippen LogP contribution in [0.1, 0.15) is 11.3 Å². The van der Waals surface area contributed by atoms with Gasteiger partial charge in [-0.3, -0.25) is 4.79 Å². The van der Waals surface area contributed by atoms with Crippen LogP contribution in [0.5, 0.6) is 0 Å². The van der Waals surface area contributed by atoms with Crippen molar-refractivity contribution >= 4 is 23.2 Å². The highest BCUT2D eigenvalue weighted by atomic mass is 35.5. The number of pyridine rings is 1. The third-order valence-corrected chi connectivity index (χ3v) is 3.98. The van der Waals surface area contributed by atoms with Crippen molar-refractivity contribution in [2.24, 2.45) is 0 Å². The van der Waals surface area contributed by atoms with Crippen molar-refractivity contribution in [2.75, 3.05) is 40.5 Å². The molecule has 0 bridgehead atoms. The highest BCUT2D eigenvalue weighted by molar-refractivity contribution is 6.33. The topological polar surface area (TPSA) is 56.1 Å². The number of amides is 1. The standard InChI is InChI=1S/C16H19ClF3N3O3/c1-25-5-3-22(4-6-26-2)14(24)8-12-10-23-9-11(16(18,19)20)7-13(17)15(23)21-12/h7,9-10H,3-6,8H2,1-2H3. The van der Waals surface area contributed by atoms with Crippen LogP contribution in [0.25, 0.3) is 5.65 Å². The summed E-state index contributed by atoms with van der Waals surface area (Å²) in [6.45, 7) is 1.48. The number of methoxy groups -OCH3 is 2. The molecule has 1 amide bonds. The molecule has 26 heavy (non-hydrogen) atoms. The molecular weight excluding hydrogens is 375 g/mol. The van der Waals surface area contributed by atoms with E-state index in [2.05, 4.69) is 4.98 Å². The van der Waals surface area contributed by atoms with Gasteiger partial charge in [0, 0.05) is 39.7 Å². The fraction of sp³-hybridized carbons (Fsp3) is 0.500. The first-order chi connectivity index (χ1) is 12.3. The Hall–Kier alpha value is -1.84. The van der Waals surface area contributed by atoms with E-state index in [0.717, 1.165) is 12.3 Å². The molecule has 0 fully saturated rings. The molecule has 0 spiro atoms. The molecule has 0 aromatic carbocycles. The SMILES string of the molecule is COCCN(CCOC)C(=O)Cc1cn2cc(C(F)(F)F)cc(Cl)c2n1. The summed E-state index contributed by atoms with van der Waals surface area (Å²) in [5.74, 6) is -0.227. The van der Waals surface area contributed by atoms with E-state index in [-0.39, 0.29) is 23.0 Å². The highest BCUT2D eigenvalue weighted by Gasteiger charge is 2.32. The first kappa shape index (κ1) is 20.5. The second-order valence-corrected chi connectivity index (χ2v) is 5.99. The molecule has 2 heterocycles. The number of aromatic nitrogens is 2. The van der Waals surface area contributed by atoms with Crippen LogP contribution in [0, 0.1) is 0 Å². The molecule has 6 nitrogen and oxygen atoms in total. The van der Waals surface area contributed by atoms with Crippen LogP contribution in [-0.2, 0) is 26.9 Å². The van der Waals surface area contributed by atoms with E-state index in [1.807, 2.05) is 0 Å². The van der Waals surface area contributed by atoms with Gasteiger partial charge in [-0.1, -0.05) is 11.6 Å². The molecule has 0 radical (unpaired) electrons. The summed E-state index contributed by atoms with van der Waals surface area (Å²) in [6, 6.07) is 0.818. The van der Waals surface area contributed by atoms with Crippen LogP contribution in [0.3, 0.4) is 0 Å². The van der Waals surface area contributed by atoms with Crippen molar-refractivity contribution < 1.29 is 27.4 Å². The first-order valence-electron chi connectivity index (χ1n) is 7.76. The van der Waals surface area contributed by atoms with Crippen LogP contribution in [0.2, 0.25) is 5.02 Å². The number of hydrogen-bond acceptors (Lipinski definition) is 4. The fourth-order valence-corrected chi connectivity index (χ4v) is 2.64. The fourth-order valence-electron chi connectivity index (χ4n) is 2.38. The van der Waals surface area contributed by atoms with Gasteiger partial charge in [-0.05, 0) is 6.07 Å². The maximum atomic E-state index is 12.9. The third kappa shape index (κ3) is 5.09. The third-order valence-electron chi connectivity index (χ3n) is 3.70. The second-order valence-electron chi connectivity index (χ2n) is 5.58. The summed E-state index contributed by atoms with van der Waals surface area (Å²) in [6.07, 6.45) is -2.31. The predicted octanol–water partition coefficient (Wildman–Crippen LogP) is 2.67. The maximum absolute atomic E-state index is 12.9. The zero-order valence-corrected chi connectivity index (χ0v) is 15.1. The highest BCUT2D eigenvalue weighted by Crippen LogP contribution is 2.32. The number of carbonyl (C=O) groups excluding carboxylic acids is 1. The normalized spacial score (nSPS) is 11.9. The Kier molecular flexibility index (Phi) is 6.85. The largest absolute Gasteiger partial charge is 0.417 e. The van der Waals surface area contributed by atoms with Crippen molar-refractivity contribution in [1.29, 1.82) is 0 Å². The molecule has 144 valence electrons. The molecule has 10 heteroatoms. The van der Waals surface area contributed by atoms with E-state index >= 15 is 0 Å². The van der Waals surface area contributed by atoms with Gasteiger partial charge in [-0.2, -0.15) is 13.2 Å². The van der Waals surface area contributed by atoms with Crippen LogP contribution in [0.15, 0.2) is 18.5 Å². The minimum absolute atomic E-state index is 0.0627. The van der Waals surface area contributed by atoms with Crippen molar-refractivity contribution in [1.82, 2.24) is 14.3 Å². The zero-order valence-electron chi connectivity index (χ0n) is 14.3. The van der Waals surface area contributed by atoms with Gasteiger partial charge in [0.2, 0.25) is 5.91 Å². The zero-order chi connectivity index (χ0) is 19.3. The molecule has 2 rings (SSSR count). The smallest absolute Gasteiger partial charge is 0.383 e. The van der Waals surface area contributed by atoms with Gasteiger partial charge in [0.25, 0.3) is 0 Å². The summed E-state index contributed by atoms with van der Waals surface area (Å²) in [4.78, 5) is 18.2. The van der Waals surface area contributed by atoms with Crippen LogP contribution >= 0.6 is 11.6 Å². The van der Waals surface area contributed by atoms with Gasteiger partial charge < -0.3 is 18.8 Å². The van der Waals surface area contributed by atoms with Gasteiger partial charge in [0.05, 0.1) is 35.9 Å². The van der Waals surface area contributed by atoms with Gasteiger partial charge in [0.1, 0.15) is 0 Å². The van der Waals surface area contributed by atoms with Crippen LogP contribution in [-0.4, -0.2) is 60.7 Å². The van der Waals surface area contributed by atoms with E-state index < -0.39 is 11.7 Å². The van der Waals surface area contributed by atoms with E-state index in [9.17, 15) is 18.0 Å². The number of ether oxygens (including phenoxy) is 2.